The summed E-state index contributed by atoms with van der Waals surface area (Å²) in [7, 11) is 0. The Morgan fingerprint density at radius 1 is 1.28 bits per heavy atom. The monoisotopic (exact) mass is 411 g/mol. The van der Waals surface area contributed by atoms with Crippen molar-refractivity contribution < 1.29 is 14.1 Å². The molecule has 0 N–H and O–H groups in total. The summed E-state index contributed by atoms with van der Waals surface area (Å²) in [6.07, 6.45) is 4.09. The summed E-state index contributed by atoms with van der Waals surface area (Å²) < 4.78 is 11.3. The highest BCUT2D eigenvalue weighted by Crippen LogP contribution is 2.26. The Kier molecular flexibility index (Phi) is 5.94. The van der Waals surface area contributed by atoms with Crippen molar-refractivity contribution in [2.45, 2.75) is 52.2 Å². The fourth-order valence-corrected chi connectivity index (χ4v) is 4.28. The lowest BCUT2D eigenvalue weighted by atomic mass is 9.92. The van der Waals surface area contributed by atoms with Crippen molar-refractivity contribution in [2.24, 2.45) is 0 Å². The van der Waals surface area contributed by atoms with Gasteiger partial charge in [-0.1, -0.05) is 17.3 Å². The number of rotatable bonds is 7. The number of hydrogen-bond acceptors (Lipinski definition) is 6. The first kappa shape index (κ1) is 19.6. The van der Waals surface area contributed by atoms with Gasteiger partial charge in [-0.3, -0.25) is 4.79 Å². The van der Waals surface area contributed by atoms with E-state index in [1.165, 1.54) is 24.0 Å². The highest BCUT2D eigenvalue weighted by Gasteiger charge is 2.24. The summed E-state index contributed by atoms with van der Waals surface area (Å²) >= 11 is 1.55. The van der Waals surface area contributed by atoms with Crippen molar-refractivity contribution in [3.05, 3.63) is 52.7 Å². The van der Waals surface area contributed by atoms with Crippen LogP contribution in [-0.2, 0) is 24.2 Å². The van der Waals surface area contributed by atoms with E-state index in [2.05, 4.69) is 22.3 Å². The summed E-state index contributed by atoms with van der Waals surface area (Å²) in [5.41, 5.74) is 2.74. The van der Waals surface area contributed by atoms with E-state index in [1.54, 1.807) is 23.2 Å². The molecule has 1 aliphatic rings. The maximum atomic E-state index is 12.9. The van der Waals surface area contributed by atoms with Crippen LogP contribution in [0.5, 0.6) is 5.75 Å². The Morgan fingerprint density at radius 3 is 2.86 bits per heavy atom. The highest BCUT2D eigenvalue weighted by molar-refractivity contribution is 7.13. The Hall–Kier alpha value is -2.67. The molecular weight excluding hydrogens is 386 g/mol. The second kappa shape index (κ2) is 8.78. The molecule has 1 amide bonds. The van der Waals surface area contributed by atoms with Gasteiger partial charge < -0.3 is 14.2 Å². The van der Waals surface area contributed by atoms with Gasteiger partial charge in [0.2, 0.25) is 11.7 Å². The van der Waals surface area contributed by atoms with Crippen LogP contribution in [0, 0.1) is 0 Å². The molecule has 0 spiro atoms. The van der Waals surface area contributed by atoms with E-state index >= 15 is 0 Å². The standard InChI is InChI=1S/C22H25N3O3S/c1-3-25(14-20-23-21(24-28-20)19-9-6-12-29-19)22(26)15(2)27-18-11-10-16-7-4-5-8-17(16)13-18/h6,9-13,15H,3-5,7-8,14H2,1-2H3/t15-/m0/s1. The summed E-state index contributed by atoms with van der Waals surface area (Å²) in [5.74, 6) is 1.63. The predicted octanol–water partition coefficient (Wildman–Crippen LogP) is 4.49. The number of nitrogens with zero attached hydrogens (tertiary/aromatic N) is 3. The first-order valence-corrected chi connectivity index (χ1v) is 11.0. The zero-order chi connectivity index (χ0) is 20.2. The van der Waals surface area contributed by atoms with Crippen LogP contribution in [0.2, 0.25) is 0 Å². The molecule has 0 fully saturated rings. The summed E-state index contributed by atoms with van der Waals surface area (Å²) in [6.45, 7) is 4.52. The number of likely N-dealkylation sites (N-methyl/N-ethyl adjacent to an activating group) is 1. The minimum Gasteiger partial charge on any atom is -0.481 e. The van der Waals surface area contributed by atoms with Gasteiger partial charge in [0, 0.05) is 6.54 Å². The number of carbonyl (C=O) groups excluding carboxylic acids is 1. The number of fused-ring (bicyclic) bond motifs is 1. The van der Waals surface area contributed by atoms with Crippen LogP contribution >= 0.6 is 11.3 Å². The average molecular weight is 412 g/mol. The molecule has 2 aromatic heterocycles. The van der Waals surface area contributed by atoms with Crippen molar-refractivity contribution in [1.82, 2.24) is 15.0 Å². The molecule has 3 aromatic rings. The van der Waals surface area contributed by atoms with Crippen LogP contribution in [-0.4, -0.2) is 33.6 Å². The van der Waals surface area contributed by atoms with E-state index in [1.807, 2.05) is 30.5 Å². The van der Waals surface area contributed by atoms with E-state index in [9.17, 15) is 4.79 Å². The molecule has 7 heteroatoms. The van der Waals surface area contributed by atoms with Crippen LogP contribution in [0.1, 0.15) is 43.7 Å². The second-order valence-corrected chi connectivity index (χ2v) is 8.19. The number of ether oxygens (including phenoxy) is 1. The maximum Gasteiger partial charge on any atom is 0.263 e. The Labute approximate surface area is 174 Å². The lowest BCUT2D eigenvalue weighted by Crippen LogP contribution is -2.40. The molecule has 1 aromatic carbocycles. The number of carbonyl (C=O) groups is 1. The molecule has 1 aliphatic carbocycles. The van der Waals surface area contributed by atoms with Crippen molar-refractivity contribution in [3.8, 4) is 16.5 Å². The fraction of sp³-hybridized carbons (Fsp3) is 0.409. The Bertz CT molecular complexity index is 968. The maximum absolute atomic E-state index is 12.9. The average Bonchev–Trinajstić information content (AvgIpc) is 3.43. The van der Waals surface area contributed by atoms with E-state index in [4.69, 9.17) is 9.26 Å². The van der Waals surface area contributed by atoms with Gasteiger partial charge in [0.25, 0.3) is 5.91 Å². The van der Waals surface area contributed by atoms with Gasteiger partial charge in [0.15, 0.2) is 6.10 Å². The van der Waals surface area contributed by atoms with Gasteiger partial charge >= 0.3 is 0 Å². The van der Waals surface area contributed by atoms with Crippen LogP contribution in [0.15, 0.2) is 40.2 Å². The van der Waals surface area contributed by atoms with E-state index in [0.29, 0.717) is 18.3 Å². The van der Waals surface area contributed by atoms with E-state index < -0.39 is 6.10 Å². The van der Waals surface area contributed by atoms with E-state index in [0.717, 1.165) is 23.5 Å². The Morgan fingerprint density at radius 2 is 2.10 bits per heavy atom. The Balaban J connectivity index is 1.40. The number of aryl methyl sites for hydroxylation is 2. The molecule has 0 bridgehead atoms. The summed E-state index contributed by atoms with van der Waals surface area (Å²) in [4.78, 5) is 20.0. The van der Waals surface area contributed by atoms with Crippen LogP contribution in [0.25, 0.3) is 10.7 Å². The van der Waals surface area contributed by atoms with Gasteiger partial charge in [-0.2, -0.15) is 4.98 Å². The number of thiophene rings is 1. The molecule has 1 atom stereocenters. The summed E-state index contributed by atoms with van der Waals surface area (Å²) in [5, 5.41) is 5.98. The number of amides is 1. The zero-order valence-electron chi connectivity index (χ0n) is 16.8. The predicted molar refractivity (Wildman–Crippen MR) is 112 cm³/mol. The molecule has 29 heavy (non-hydrogen) atoms. The molecule has 0 saturated heterocycles. The number of hydrogen-bond donors (Lipinski definition) is 0. The summed E-state index contributed by atoms with van der Waals surface area (Å²) in [6, 6.07) is 10.1. The zero-order valence-corrected chi connectivity index (χ0v) is 17.6. The van der Waals surface area contributed by atoms with Crippen LogP contribution in [0.4, 0.5) is 0 Å². The molecule has 0 unspecified atom stereocenters. The third-order valence-corrected chi connectivity index (χ3v) is 6.08. The first-order valence-electron chi connectivity index (χ1n) is 10.1. The lowest BCUT2D eigenvalue weighted by Gasteiger charge is -2.24. The lowest BCUT2D eigenvalue weighted by molar-refractivity contribution is -0.138. The smallest absolute Gasteiger partial charge is 0.263 e. The molecule has 0 aliphatic heterocycles. The normalized spacial score (nSPS) is 14.3. The van der Waals surface area contributed by atoms with Crippen molar-refractivity contribution in [2.75, 3.05) is 6.54 Å². The van der Waals surface area contributed by atoms with Gasteiger partial charge in [0.1, 0.15) is 12.3 Å². The molecule has 6 nitrogen and oxygen atoms in total. The molecular formula is C22H25N3O3S. The fourth-order valence-electron chi connectivity index (χ4n) is 3.63. The van der Waals surface area contributed by atoms with Crippen LogP contribution < -0.4 is 4.74 Å². The third kappa shape index (κ3) is 4.50. The minimum atomic E-state index is -0.587. The van der Waals surface area contributed by atoms with Crippen molar-refractivity contribution >= 4 is 17.2 Å². The molecule has 152 valence electrons. The van der Waals surface area contributed by atoms with Gasteiger partial charge in [-0.15, -0.1) is 11.3 Å². The second-order valence-electron chi connectivity index (χ2n) is 7.24. The van der Waals surface area contributed by atoms with Crippen molar-refractivity contribution in [1.29, 1.82) is 0 Å². The molecule has 0 radical (unpaired) electrons. The number of aromatic nitrogens is 2. The van der Waals surface area contributed by atoms with Crippen LogP contribution in [0.3, 0.4) is 0 Å². The van der Waals surface area contributed by atoms with E-state index in [-0.39, 0.29) is 12.5 Å². The minimum absolute atomic E-state index is 0.0962. The largest absolute Gasteiger partial charge is 0.481 e. The number of benzene rings is 1. The quantitative estimate of drug-likeness (QED) is 0.573. The SMILES string of the molecule is CCN(Cc1nc(-c2cccs2)no1)C(=O)[C@H](C)Oc1ccc2c(c1)CCCC2. The highest BCUT2D eigenvalue weighted by atomic mass is 32.1. The topological polar surface area (TPSA) is 68.5 Å². The third-order valence-electron chi connectivity index (χ3n) is 5.21. The van der Waals surface area contributed by atoms with Gasteiger partial charge in [-0.25, -0.2) is 0 Å². The van der Waals surface area contributed by atoms with Gasteiger partial charge in [0.05, 0.1) is 4.88 Å². The molecule has 4 rings (SSSR count). The van der Waals surface area contributed by atoms with Crippen molar-refractivity contribution in [3.63, 3.8) is 0 Å². The van der Waals surface area contributed by atoms with Gasteiger partial charge in [-0.05, 0) is 74.2 Å². The first-order chi connectivity index (χ1) is 14.1. The molecule has 2 heterocycles. The molecule has 0 saturated carbocycles.